The van der Waals surface area contributed by atoms with Crippen LogP contribution in [0.3, 0.4) is 0 Å². The summed E-state index contributed by atoms with van der Waals surface area (Å²) in [4.78, 5) is 26.4. The predicted octanol–water partition coefficient (Wildman–Crippen LogP) is 3.46. The Morgan fingerprint density at radius 1 is 1.04 bits per heavy atom. The largest absolute Gasteiger partial charge is 0.484 e. The molecule has 1 N–H and O–H groups in total. The van der Waals surface area contributed by atoms with E-state index in [1.54, 1.807) is 24.3 Å². The Labute approximate surface area is 170 Å². The van der Waals surface area contributed by atoms with Crippen LogP contribution in [0.2, 0.25) is 5.02 Å². The Morgan fingerprint density at radius 3 is 2.39 bits per heavy atom. The standard InChI is InChI=1S/C22H25ClN2O3/c23-18-7-9-20(10-8-18)28-16-21(26)24-19-12-14-25(15-13-19)22(27)11-6-17-4-2-1-3-5-17/h1-5,7-10,19H,6,11-16H2,(H,24,26). The number of aryl methyl sites for hydroxylation is 1. The molecule has 2 amide bonds. The minimum absolute atomic E-state index is 0.0299. The Bertz CT molecular complexity index is 772. The topological polar surface area (TPSA) is 58.6 Å². The Balaban J connectivity index is 1.34. The number of benzene rings is 2. The highest BCUT2D eigenvalue weighted by atomic mass is 35.5. The van der Waals surface area contributed by atoms with Gasteiger partial charge in [0.1, 0.15) is 5.75 Å². The number of carbonyl (C=O) groups excluding carboxylic acids is 2. The third kappa shape index (κ3) is 6.27. The number of likely N-dealkylation sites (tertiary alicyclic amines) is 1. The van der Waals surface area contributed by atoms with Crippen LogP contribution < -0.4 is 10.1 Å². The second-order valence-corrected chi connectivity index (χ2v) is 7.39. The molecule has 0 aromatic heterocycles. The lowest BCUT2D eigenvalue weighted by Gasteiger charge is -2.32. The molecule has 2 aromatic rings. The number of nitrogens with one attached hydrogen (secondary N) is 1. The molecular weight excluding hydrogens is 376 g/mol. The van der Waals surface area contributed by atoms with Crippen LogP contribution >= 0.6 is 11.6 Å². The molecule has 0 aliphatic carbocycles. The zero-order valence-corrected chi connectivity index (χ0v) is 16.5. The van der Waals surface area contributed by atoms with Gasteiger partial charge in [0.25, 0.3) is 5.91 Å². The van der Waals surface area contributed by atoms with Gasteiger partial charge >= 0.3 is 0 Å². The summed E-state index contributed by atoms with van der Waals surface area (Å²) in [5.74, 6) is 0.641. The second kappa shape index (κ2) is 10.1. The Morgan fingerprint density at radius 2 is 1.71 bits per heavy atom. The molecule has 0 saturated carbocycles. The van der Waals surface area contributed by atoms with E-state index in [0.717, 1.165) is 19.3 Å². The monoisotopic (exact) mass is 400 g/mol. The van der Waals surface area contributed by atoms with Gasteiger partial charge in [-0.25, -0.2) is 0 Å². The predicted molar refractivity (Wildman–Crippen MR) is 109 cm³/mol. The van der Waals surface area contributed by atoms with Crippen molar-refractivity contribution in [2.75, 3.05) is 19.7 Å². The van der Waals surface area contributed by atoms with Gasteiger partial charge < -0.3 is 15.0 Å². The number of halogens is 1. The Hall–Kier alpha value is -2.53. The van der Waals surface area contributed by atoms with E-state index in [4.69, 9.17) is 16.3 Å². The van der Waals surface area contributed by atoms with Gasteiger partial charge in [-0.05, 0) is 49.1 Å². The number of carbonyl (C=O) groups is 2. The fourth-order valence-corrected chi connectivity index (χ4v) is 3.40. The van der Waals surface area contributed by atoms with Gasteiger partial charge in [0.2, 0.25) is 5.91 Å². The summed E-state index contributed by atoms with van der Waals surface area (Å²) in [6.07, 6.45) is 2.82. The summed E-state index contributed by atoms with van der Waals surface area (Å²) in [6, 6.07) is 17.0. The van der Waals surface area contributed by atoms with E-state index in [0.29, 0.717) is 30.3 Å². The van der Waals surface area contributed by atoms with Gasteiger partial charge in [-0.15, -0.1) is 0 Å². The lowest BCUT2D eigenvalue weighted by atomic mass is 10.0. The number of ether oxygens (including phenoxy) is 1. The molecule has 0 spiro atoms. The summed E-state index contributed by atoms with van der Waals surface area (Å²) in [5.41, 5.74) is 1.18. The van der Waals surface area contributed by atoms with Gasteiger partial charge in [-0.2, -0.15) is 0 Å². The molecule has 5 nitrogen and oxygen atoms in total. The maximum atomic E-state index is 12.4. The van der Waals surface area contributed by atoms with E-state index < -0.39 is 0 Å². The van der Waals surface area contributed by atoms with Crippen molar-refractivity contribution in [3.05, 3.63) is 65.2 Å². The SMILES string of the molecule is O=C(COc1ccc(Cl)cc1)NC1CCN(C(=O)CCc2ccccc2)CC1. The average molecular weight is 401 g/mol. The first-order valence-electron chi connectivity index (χ1n) is 9.59. The van der Waals surface area contributed by atoms with Crippen LogP contribution in [0.15, 0.2) is 54.6 Å². The van der Waals surface area contributed by atoms with Crippen molar-refractivity contribution in [3.63, 3.8) is 0 Å². The van der Waals surface area contributed by atoms with E-state index in [1.807, 2.05) is 35.2 Å². The summed E-state index contributed by atoms with van der Waals surface area (Å²) in [6.45, 7) is 1.32. The van der Waals surface area contributed by atoms with Crippen molar-refractivity contribution in [1.82, 2.24) is 10.2 Å². The van der Waals surface area contributed by atoms with E-state index >= 15 is 0 Å². The van der Waals surface area contributed by atoms with Crippen molar-refractivity contribution in [2.24, 2.45) is 0 Å². The lowest BCUT2D eigenvalue weighted by Crippen LogP contribution is -2.47. The molecule has 0 atom stereocenters. The highest BCUT2D eigenvalue weighted by Crippen LogP contribution is 2.16. The van der Waals surface area contributed by atoms with Crippen molar-refractivity contribution < 1.29 is 14.3 Å². The molecule has 0 radical (unpaired) electrons. The van der Waals surface area contributed by atoms with Crippen LogP contribution in [0.25, 0.3) is 0 Å². The summed E-state index contributed by atoms with van der Waals surface area (Å²) >= 11 is 5.83. The van der Waals surface area contributed by atoms with Gasteiger partial charge in [-0.1, -0.05) is 41.9 Å². The molecule has 1 heterocycles. The first kappa shape index (κ1) is 20.2. The van der Waals surface area contributed by atoms with Gasteiger partial charge in [0.15, 0.2) is 6.61 Å². The lowest BCUT2D eigenvalue weighted by molar-refractivity contribution is -0.132. The van der Waals surface area contributed by atoms with Crippen LogP contribution in [-0.2, 0) is 16.0 Å². The number of hydrogen-bond donors (Lipinski definition) is 1. The highest BCUT2D eigenvalue weighted by Gasteiger charge is 2.23. The van der Waals surface area contributed by atoms with Crippen molar-refractivity contribution >= 4 is 23.4 Å². The molecule has 1 aliphatic heterocycles. The van der Waals surface area contributed by atoms with Crippen LogP contribution in [0.5, 0.6) is 5.75 Å². The second-order valence-electron chi connectivity index (χ2n) is 6.95. The minimum atomic E-state index is -0.149. The zero-order chi connectivity index (χ0) is 19.8. The summed E-state index contributed by atoms with van der Waals surface area (Å²) < 4.78 is 5.46. The number of piperidine rings is 1. The Kier molecular flexibility index (Phi) is 7.31. The zero-order valence-electron chi connectivity index (χ0n) is 15.8. The van der Waals surface area contributed by atoms with Crippen LogP contribution in [0, 0.1) is 0 Å². The van der Waals surface area contributed by atoms with E-state index in [9.17, 15) is 9.59 Å². The van der Waals surface area contributed by atoms with Gasteiger partial charge in [-0.3, -0.25) is 9.59 Å². The van der Waals surface area contributed by atoms with E-state index in [-0.39, 0.29) is 24.5 Å². The molecule has 3 rings (SSSR count). The van der Waals surface area contributed by atoms with Crippen molar-refractivity contribution in [1.29, 1.82) is 0 Å². The van der Waals surface area contributed by atoms with Crippen LogP contribution in [0.4, 0.5) is 0 Å². The van der Waals surface area contributed by atoms with Gasteiger partial charge in [0, 0.05) is 30.6 Å². The third-order valence-electron chi connectivity index (χ3n) is 4.87. The number of hydrogen-bond acceptors (Lipinski definition) is 3. The average Bonchev–Trinajstić information content (AvgIpc) is 2.73. The van der Waals surface area contributed by atoms with Crippen LogP contribution in [-0.4, -0.2) is 42.5 Å². The smallest absolute Gasteiger partial charge is 0.258 e. The maximum Gasteiger partial charge on any atom is 0.258 e. The number of amides is 2. The first-order chi connectivity index (χ1) is 13.6. The molecule has 1 aliphatic rings. The molecule has 0 unspecified atom stereocenters. The van der Waals surface area contributed by atoms with E-state index in [2.05, 4.69) is 5.32 Å². The van der Waals surface area contributed by atoms with Crippen molar-refractivity contribution in [2.45, 2.75) is 31.7 Å². The molecule has 1 saturated heterocycles. The normalized spacial score (nSPS) is 14.5. The fourth-order valence-electron chi connectivity index (χ4n) is 3.28. The third-order valence-corrected chi connectivity index (χ3v) is 5.12. The molecule has 28 heavy (non-hydrogen) atoms. The number of rotatable bonds is 7. The van der Waals surface area contributed by atoms with Gasteiger partial charge in [0.05, 0.1) is 0 Å². The summed E-state index contributed by atoms with van der Waals surface area (Å²) in [5, 5.41) is 3.62. The highest BCUT2D eigenvalue weighted by molar-refractivity contribution is 6.30. The minimum Gasteiger partial charge on any atom is -0.484 e. The maximum absolute atomic E-state index is 12.4. The molecular formula is C22H25ClN2O3. The molecule has 2 aromatic carbocycles. The summed E-state index contributed by atoms with van der Waals surface area (Å²) in [7, 11) is 0. The molecule has 6 heteroatoms. The molecule has 1 fully saturated rings. The first-order valence-corrected chi connectivity index (χ1v) is 9.97. The quantitative estimate of drug-likeness (QED) is 0.774. The van der Waals surface area contributed by atoms with Crippen LogP contribution in [0.1, 0.15) is 24.8 Å². The van der Waals surface area contributed by atoms with Crippen molar-refractivity contribution in [3.8, 4) is 5.75 Å². The number of nitrogens with zero attached hydrogens (tertiary/aromatic N) is 1. The van der Waals surface area contributed by atoms with E-state index in [1.165, 1.54) is 5.56 Å². The molecule has 0 bridgehead atoms. The molecule has 148 valence electrons. The fraction of sp³-hybridized carbons (Fsp3) is 0.364.